The van der Waals surface area contributed by atoms with Crippen LogP contribution in [0.3, 0.4) is 0 Å². The zero-order valence-corrected chi connectivity index (χ0v) is 14.1. The number of carbonyl (C=O) groups is 1. The molecule has 3 aromatic rings. The van der Waals surface area contributed by atoms with E-state index in [-0.39, 0.29) is 5.91 Å². The SMILES string of the molecule is COc1cc(NC(=O)CCc2ccccc2)ccc1-c1ccncc1. The molecule has 4 nitrogen and oxygen atoms in total. The van der Waals surface area contributed by atoms with Crippen molar-refractivity contribution in [1.82, 2.24) is 4.98 Å². The first kappa shape index (κ1) is 16.7. The molecule has 3 rings (SSSR count). The van der Waals surface area contributed by atoms with Crippen LogP contribution in [0, 0.1) is 0 Å². The molecule has 0 aliphatic heterocycles. The third-order valence-electron chi connectivity index (χ3n) is 3.96. The maximum absolute atomic E-state index is 12.2. The Labute approximate surface area is 147 Å². The molecule has 0 bridgehead atoms. The Morgan fingerprint density at radius 2 is 1.80 bits per heavy atom. The standard InChI is InChI=1S/C21H20N2O2/c1-25-20-15-18(8-9-19(20)17-11-13-22-14-12-17)23-21(24)10-7-16-5-3-2-4-6-16/h2-6,8-9,11-15H,7,10H2,1H3,(H,23,24). The summed E-state index contributed by atoms with van der Waals surface area (Å²) in [7, 11) is 1.63. The fourth-order valence-electron chi connectivity index (χ4n) is 2.66. The third kappa shape index (κ3) is 4.44. The van der Waals surface area contributed by atoms with Gasteiger partial charge in [-0.25, -0.2) is 0 Å². The summed E-state index contributed by atoms with van der Waals surface area (Å²) >= 11 is 0. The van der Waals surface area contributed by atoms with E-state index in [0.717, 1.165) is 28.8 Å². The molecule has 1 heterocycles. The Bertz CT molecular complexity index is 833. The van der Waals surface area contributed by atoms with Crippen molar-refractivity contribution in [2.45, 2.75) is 12.8 Å². The minimum Gasteiger partial charge on any atom is -0.496 e. The highest BCUT2D eigenvalue weighted by Crippen LogP contribution is 2.32. The molecule has 0 aliphatic rings. The summed E-state index contributed by atoms with van der Waals surface area (Å²) < 4.78 is 5.48. The molecule has 126 valence electrons. The maximum Gasteiger partial charge on any atom is 0.224 e. The van der Waals surface area contributed by atoms with E-state index >= 15 is 0 Å². The van der Waals surface area contributed by atoms with Crippen LogP contribution in [0.5, 0.6) is 5.75 Å². The van der Waals surface area contributed by atoms with Gasteiger partial charge in [0.15, 0.2) is 0 Å². The molecule has 0 saturated carbocycles. The number of ether oxygens (including phenoxy) is 1. The van der Waals surface area contributed by atoms with Gasteiger partial charge in [-0.3, -0.25) is 9.78 Å². The minimum absolute atomic E-state index is 0.0115. The predicted molar refractivity (Wildman–Crippen MR) is 99.6 cm³/mol. The van der Waals surface area contributed by atoms with Gasteiger partial charge in [0.2, 0.25) is 5.91 Å². The number of carbonyl (C=O) groups excluding carboxylic acids is 1. The number of nitrogens with zero attached hydrogens (tertiary/aromatic N) is 1. The van der Waals surface area contributed by atoms with Crippen LogP contribution in [0.2, 0.25) is 0 Å². The van der Waals surface area contributed by atoms with Gasteiger partial charge in [-0.1, -0.05) is 30.3 Å². The topological polar surface area (TPSA) is 51.2 Å². The molecular weight excluding hydrogens is 312 g/mol. The summed E-state index contributed by atoms with van der Waals surface area (Å²) in [5.74, 6) is 0.703. The van der Waals surface area contributed by atoms with Crippen LogP contribution in [0.25, 0.3) is 11.1 Å². The van der Waals surface area contributed by atoms with Crippen molar-refractivity contribution < 1.29 is 9.53 Å². The summed E-state index contributed by atoms with van der Waals surface area (Å²) in [6, 6.07) is 19.5. The number of aromatic nitrogens is 1. The lowest BCUT2D eigenvalue weighted by molar-refractivity contribution is -0.116. The molecule has 0 radical (unpaired) electrons. The smallest absolute Gasteiger partial charge is 0.224 e. The first-order chi connectivity index (χ1) is 12.3. The molecule has 0 atom stereocenters. The zero-order chi connectivity index (χ0) is 17.5. The molecule has 4 heteroatoms. The molecule has 0 saturated heterocycles. The second-order valence-electron chi connectivity index (χ2n) is 5.68. The molecule has 25 heavy (non-hydrogen) atoms. The van der Waals surface area contributed by atoms with Gasteiger partial charge in [-0.05, 0) is 41.8 Å². The largest absolute Gasteiger partial charge is 0.496 e. The lowest BCUT2D eigenvalue weighted by Crippen LogP contribution is -2.12. The number of methoxy groups -OCH3 is 1. The molecule has 0 aliphatic carbocycles. The van der Waals surface area contributed by atoms with Gasteiger partial charge in [-0.2, -0.15) is 0 Å². The predicted octanol–water partition coefficient (Wildman–Crippen LogP) is 4.33. The minimum atomic E-state index is -0.0115. The van der Waals surface area contributed by atoms with Crippen LogP contribution in [-0.2, 0) is 11.2 Å². The number of nitrogens with one attached hydrogen (secondary N) is 1. The molecule has 0 unspecified atom stereocenters. The Hall–Kier alpha value is -3.14. The van der Waals surface area contributed by atoms with E-state index in [4.69, 9.17) is 4.74 Å². The van der Waals surface area contributed by atoms with E-state index in [2.05, 4.69) is 10.3 Å². The number of aryl methyl sites for hydroxylation is 1. The van der Waals surface area contributed by atoms with Gasteiger partial charge >= 0.3 is 0 Å². The molecular formula is C21H20N2O2. The highest BCUT2D eigenvalue weighted by atomic mass is 16.5. The van der Waals surface area contributed by atoms with Crippen molar-refractivity contribution >= 4 is 11.6 Å². The second kappa shape index (κ2) is 8.11. The van der Waals surface area contributed by atoms with Crippen molar-refractivity contribution in [3.05, 3.63) is 78.6 Å². The molecule has 1 aromatic heterocycles. The second-order valence-corrected chi connectivity index (χ2v) is 5.68. The van der Waals surface area contributed by atoms with Crippen LogP contribution in [0.4, 0.5) is 5.69 Å². The van der Waals surface area contributed by atoms with E-state index in [9.17, 15) is 4.79 Å². The summed E-state index contributed by atoms with van der Waals surface area (Å²) in [4.78, 5) is 16.2. The van der Waals surface area contributed by atoms with Crippen LogP contribution in [0.15, 0.2) is 73.1 Å². The molecule has 1 amide bonds. The molecule has 0 fully saturated rings. The Kier molecular flexibility index (Phi) is 5.42. The summed E-state index contributed by atoms with van der Waals surface area (Å²) in [5, 5.41) is 2.93. The van der Waals surface area contributed by atoms with Gasteiger partial charge in [-0.15, -0.1) is 0 Å². The van der Waals surface area contributed by atoms with Crippen LogP contribution >= 0.6 is 0 Å². The summed E-state index contributed by atoms with van der Waals surface area (Å²) in [6.45, 7) is 0. The zero-order valence-electron chi connectivity index (χ0n) is 14.1. The van der Waals surface area contributed by atoms with Gasteiger partial charge < -0.3 is 10.1 Å². The number of hydrogen-bond acceptors (Lipinski definition) is 3. The van der Waals surface area contributed by atoms with Crippen molar-refractivity contribution in [3.63, 3.8) is 0 Å². The highest BCUT2D eigenvalue weighted by molar-refractivity contribution is 5.91. The van der Waals surface area contributed by atoms with Crippen LogP contribution < -0.4 is 10.1 Å². The Balaban J connectivity index is 1.67. The van der Waals surface area contributed by atoms with Gasteiger partial charge in [0, 0.05) is 36.1 Å². The van der Waals surface area contributed by atoms with Crippen molar-refractivity contribution in [1.29, 1.82) is 0 Å². The number of amides is 1. The fourth-order valence-corrected chi connectivity index (χ4v) is 2.66. The van der Waals surface area contributed by atoms with E-state index in [1.807, 2.05) is 60.7 Å². The summed E-state index contributed by atoms with van der Waals surface area (Å²) in [6.07, 6.45) is 4.65. The average Bonchev–Trinajstić information content (AvgIpc) is 2.68. The van der Waals surface area contributed by atoms with Crippen molar-refractivity contribution in [2.24, 2.45) is 0 Å². The number of anilines is 1. The van der Waals surface area contributed by atoms with E-state index in [0.29, 0.717) is 12.2 Å². The quantitative estimate of drug-likeness (QED) is 0.731. The number of rotatable bonds is 6. The lowest BCUT2D eigenvalue weighted by atomic mass is 10.1. The number of benzene rings is 2. The van der Waals surface area contributed by atoms with E-state index in [1.165, 1.54) is 0 Å². The van der Waals surface area contributed by atoms with E-state index in [1.54, 1.807) is 19.5 Å². The first-order valence-electron chi connectivity index (χ1n) is 8.18. The fraction of sp³-hybridized carbons (Fsp3) is 0.143. The normalized spacial score (nSPS) is 10.3. The van der Waals surface area contributed by atoms with Crippen LogP contribution in [0.1, 0.15) is 12.0 Å². The molecule has 2 aromatic carbocycles. The van der Waals surface area contributed by atoms with Gasteiger partial charge in [0.25, 0.3) is 0 Å². The Morgan fingerprint density at radius 1 is 1.04 bits per heavy atom. The van der Waals surface area contributed by atoms with Crippen LogP contribution in [-0.4, -0.2) is 18.0 Å². The van der Waals surface area contributed by atoms with E-state index < -0.39 is 0 Å². The van der Waals surface area contributed by atoms with Gasteiger partial charge in [0.1, 0.15) is 5.75 Å². The first-order valence-corrected chi connectivity index (χ1v) is 8.18. The highest BCUT2D eigenvalue weighted by Gasteiger charge is 2.09. The van der Waals surface area contributed by atoms with Crippen molar-refractivity contribution in [3.8, 4) is 16.9 Å². The molecule has 0 spiro atoms. The lowest BCUT2D eigenvalue weighted by Gasteiger charge is -2.12. The third-order valence-corrected chi connectivity index (χ3v) is 3.96. The molecule has 1 N–H and O–H groups in total. The van der Waals surface area contributed by atoms with Gasteiger partial charge in [0.05, 0.1) is 7.11 Å². The number of pyridine rings is 1. The summed E-state index contributed by atoms with van der Waals surface area (Å²) in [5.41, 5.74) is 3.87. The number of hydrogen-bond donors (Lipinski definition) is 1. The average molecular weight is 332 g/mol. The Morgan fingerprint density at radius 3 is 2.52 bits per heavy atom. The maximum atomic E-state index is 12.2. The monoisotopic (exact) mass is 332 g/mol. The van der Waals surface area contributed by atoms with Crippen molar-refractivity contribution in [2.75, 3.05) is 12.4 Å².